The van der Waals surface area contributed by atoms with Gasteiger partial charge in [0.25, 0.3) is 0 Å². The predicted molar refractivity (Wildman–Crippen MR) is 83.8 cm³/mol. The summed E-state index contributed by atoms with van der Waals surface area (Å²) < 4.78 is 22.2. The van der Waals surface area contributed by atoms with Crippen LogP contribution in [0.3, 0.4) is 0 Å². The van der Waals surface area contributed by atoms with Gasteiger partial charge in [0, 0.05) is 12.6 Å². The van der Waals surface area contributed by atoms with Crippen LogP contribution in [0, 0.1) is 17.1 Å². The van der Waals surface area contributed by atoms with Crippen molar-refractivity contribution in [3.8, 4) is 17.5 Å². The standard InChI is InChI=1S/C16H15ClFN3O2/c1-23-15-8-13(11(18)7-10(15)17)21-14(9-19)12-5-3-2-4-6-20(12)16(21)22/h7-8H,2-6H2,1H3. The molecule has 0 atom stereocenters. The fraction of sp³-hybridized carbons (Fsp3) is 0.375. The highest BCUT2D eigenvalue weighted by Gasteiger charge is 2.24. The molecule has 0 amide bonds. The van der Waals surface area contributed by atoms with Crippen molar-refractivity contribution in [1.29, 1.82) is 5.26 Å². The largest absolute Gasteiger partial charge is 0.495 e. The van der Waals surface area contributed by atoms with E-state index >= 15 is 0 Å². The van der Waals surface area contributed by atoms with Crippen LogP contribution < -0.4 is 10.4 Å². The van der Waals surface area contributed by atoms with Crippen molar-refractivity contribution in [2.45, 2.75) is 32.2 Å². The summed E-state index contributed by atoms with van der Waals surface area (Å²) in [5.41, 5.74) is 0.429. The van der Waals surface area contributed by atoms with Gasteiger partial charge in [0.2, 0.25) is 0 Å². The normalized spacial score (nSPS) is 14.0. The maximum absolute atomic E-state index is 14.4. The van der Waals surface area contributed by atoms with Crippen LogP contribution in [-0.4, -0.2) is 16.2 Å². The summed E-state index contributed by atoms with van der Waals surface area (Å²) in [6.07, 6.45) is 3.42. The Hall–Kier alpha value is -2.26. The molecule has 0 saturated heterocycles. The molecule has 7 heteroatoms. The maximum Gasteiger partial charge on any atom is 0.334 e. The van der Waals surface area contributed by atoms with E-state index in [4.69, 9.17) is 16.3 Å². The lowest BCUT2D eigenvalue weighted by molar-refractivity contribution is 0.413. The molecular weight excluding hydrogens is 321 g/mol. The Kier molecular flexibility index (Phi) is 4.14. The first-order valence-corrected chi connectivity index (χ1v) is 7.74. The van der Waals surface area contributed by atoms with E-state index in [9.17, 15) is 14.4 Å². The van der Waals surface area contributed by atoms with Crippen LogP contribution >= 0.6 is 11.6 Å². The molecular formula is C16H15ClFN3O2. The molecule has 0 N–H and O–H groups in total. The molecule has 0 aliphatic carbocycles. The van der Waals surface area contributed by atoms with Crippen molar-refractivity contribution in [2.24, 2.45) is 0 Å². The van der Waals surface area contributed by atoms with Crippen LogP contribution in [0.15, 0.2) is 16.9 Å². The van der Waals surface area contributed by atoms with Gasteiger partial charge in [0.15, 0.2) is 0 Å². The number of ether oxygens (including phenoxy) is 1. The molecule has 0 spiro atoms. The average Bonchev–Trinajstić information content (AvgIpc) is 2.70. The van der Waals surface area contributed by atoms with E-state index in [0.717, 1.165) is 29.9 Å². The lowest BCUT2D eigenvalue weighted by Crippen LogP contribution is -2.24. The van der Waals surface area contributed by atoms with Crippen molar-refractivity contribution in [2.75, 3.05) is 7.11 Å². The Bertz CT molecular complexity index is 864. The van der Waals surface area contributed by atoms with Gasteiger partial charge in [-0.15, -0.1) is 0 Å². The topological polar surface area (TPSA) is 60.0 Å². The van der Waals surface area contributed by atoms with Crippen LogP contribution in [-0.2, 0) is 13.0 Å². The number of rotatable bonds is 2. The van der Waals surface area contributed by atoms with Gasteiger partial charge in [-0.2, -0.15) is 5.26 Å². The number of benzene rings is 1. The summed E-state index contributed by atoms with van der Waals surface area (Å²) >= 11 is 5.90. The van der Waals surface area contributed by atoms with Gasteiger partial charge in [-0.3, -0.25) is 4.57 Å². The Morgan fingerprint density at radius 1 is 1.35 bits per heavy atom. The van der Waals surface area contributed by atoms with Gasteiger partial charge in [0.1, 0.15) is 23.3 Å². The van der Waals surface area contributed by atoms with Crippen LogP contribution in [0.5, 0.6) is 5.75 Å². The zero-order valence-corrected chi connectivity index (χ0v) is 13.4. The summed E-state index contributed by atoms with van der Waals surface area (Å²) in [6.45, 7) is 0.544. The number of hydrogen-bond donors (Lipinski definition) is 0. The summed E-state index contributed by atoms with van der Waals surface area (Å²) in [5, 5.41) is 9.62. The van der Waals surface area contributed by atoms with E-state index in [-0.39, 0.29) is 22.2 Å². The summed E-state index contributed by atoms with van der Waals surface area (Å²) in [5.74, 6) is -0.421. The number of halogens is 2. The number of aromatic nitrogens is 2. The summed E-state index contributed by atoms with van der Waals surface area (Å²) in [6, 6.07) is 4.49. The molecule has 1 aromatic heterocycles. The molecule has 2 heterocycles. The highest BCUT2D eigenvalue weighted by molar-refractivity contribution is 6.32. The molecule has 1 aliphatic heterocycles. The quantitative estimate of drug-likeness (QED) is 0.847. The van der Waals surface area contributed by atoms with E-state index < -0.39 is 11.5 Å². The lowest BCUT2D eigenvalue weighted by atomic mass is 10.1. The van der Waals surface area contributed by atoms with Crippen molar-refractivity contribution < 1.29 is 9.13 Å². The van der Waals surface area contributed by atoms with Gasteiger partial charge >= 0.3 is 5.69 Å². The second kappa shape index (κ2) is 6.09. The van der Waals surface area contributed by atoms with Crippen LogP contribution in [0.2, 0.25) is 5.02 Å². The third-order valence-electron chi connectivity index (χ3n) is 4.11. The average molecular weight is 336 g/mol. The van der Waals surface area contributed by atoms with Gasteiger partial charge in [-0.25, -0.2) is 13.8 Å². The highest BCUT2D eigenvalue weighted by Crippen LogP contribution is 2.30. The molecule has 1 aliphatic rings. The number of methoxy groups -OCH3 is 1. The van der Waals surface area contributed by atoms with Gasteiger partial charge in [0.05, 0.1) is 23.5 Å². The summed E-state index contributed by atoms with van der Waals surface area (Å²) in [7, 11) is 1.41. The fourth-order valence-corrected chi connectivity index (χ4v) is 3.22. The minimum atomic E-state index is -0.671. The first-order valence-electron chi connectivity index (χ1n) is 7.36. The number of nitriles is 1. The van der Waals surface area contributed by atoms with E-state index in [0.29, 0.717) is 18.7 Å². The first kappa shape index (κ1) is 15.6. The van der Waals surface area contributed by atoms with E-state index in [1.165, 1.54) is 13.2 Å². The monoisotopic (exact) mass is 335 g/mol. The molecule has 5 nitrogen and oxygen atoms in total. The molecule has 0 saturated carbocycles. The second-order valence-corrected chi connectivity index (χ2v) is 5.83. The SMILES string of the molecule is COc1cc(-n2c(C#N)c3n(c2=O)CCCCC3)c(F)cc1Cl. The third kappa shape index (κ3) is 2.51. The second-order valence-electron chi connectivity index (χ2n) is 5.43. The van der Waals surface area contributed by atoms with E-state index in [1.807, 2.05) is 0 Å². The predicted octanol–water partition coefficient (Wildman–Crippen LogP) is 3.04. The minimum Gasteiger partial charge on any atom is -0.495 e. The Labute approximate surface area is 137 Å². The molecule has 0 radical (unpaired) electrons. The zero-order chi connectivity index (χ0) is 16.6. The molecule has 120 valence electrons. The Balaban J connectivity index is 2.30. The number of nitrogens with zero attached hydrogens (tertiary/aromatic N) is 3. The van der Waals surface area contributed by atoms with Crippen molar-refractivity contribution in [1.82, 2.24) is 9.13 Å². The van der Waals surface area contributed by atoms with Crippen molar-refractivity contribution in [3.05, 3.63) is 44.8 Å². The molecule has 0 fully saturated rings. The van der Waals surface area contributed by atoms with Crippen LogP contribution in [0.25, 0.3) is 5.69 Å². The Morgan fingerprint density at radius 3 is 2.83 bits per heavy atom. The molecule has 2 aromatic rings. The fourth-order valence-electron chi connectivity index (χ4n) is 3.00. The van der Waals surface area contributed by atoms with E-state index in [2.05, 4.69) is 6.07 Å². The van der Waals surface area contributed by atoms with Gasteiger partial charge in [-0.1, -0.05) is 18.0 Å². The number of imidazole rings is 1. The number of hydrogen-bond acceptors (Lipinski definition) is 3. The van der Waals surface area contributed by atoms with Crippen molar-refractivity contribution in [3.63, 3.8) is 0 Å². The molecule has 0 unspecified atom stereocenters. The smallest absolute Gasteiger partial charge is 0.334 e. The van der Waals surface area contributed by atoms with E-state index in [1.54, 1.807) is 4.57 Å². The van der Waals surface area contributed by atoms with Gasteiger partial charge < -0.3 is 4.74 Å². The first-order chi connectivity index (χ1) is 11.1. The minimum absolute atomic E-state index is 0.0200. The van der Waals surface area contributed by atoms with Crippen molar-refractivity contribution >= 4 is 11.6 Å². The highest BCUT2D eigenvalue weighted by atomic mass is 35.5. The molecule has 3 rings (SSSR count). The Morgan fingerprint density at radius 2 is 2.13 bits per heavy atom. The third-order valence-corrected chi connectivity index (χ3v) is 4.40. The summed E-state index contributed by atoms with van der Waals surface area (Å²) in [4.78, 5) is 12.7. The van der Waals surface area contributed by atoms with Crippen LogP contribution in [0.4, 0.5) is 4.39 Å². The zero-order valence-electron chi connectivity index (χ0n) is 12.6. The van der Waals surface area contributed by atoms with Gasteiger partial charge in [-0.05, 0) is 25.3 Å². The lowest BCUT2D eigenvalue weighted by Gasteiger charge is -2.09. The van der Waals surface area contributed by atoms with Crippen LogP contribution in [0.1, 0.15) is 30.7 Å². The molecule has 0 bridgehead atoms. The number of fused-ring (bicyclic) bond motifs is 1. The maximum atomic E-state index is 14.4. The molecule has 1 aromatic carbocycles. The molecule has 23 heavy (non-hydrogen) atoms.